The Morgan fingerprint density at radius 3 is 2.67 bits per heavy atom. The minimum atomic E-state index is -0.368. The lowest BCUT2D eigenvalue weighted by molar-refractivity contribution is 0.264. The average Bonchev–Trinajstić information content (AvgIpc) is 2.40. The van der Waals surface area contributed by atoms with Crippen LogP contribution in [0.25, 0.3) is 0 Å². The van der Waals surface area contributed by atoms with Crippen molar-refractivity contribution in [3.05, 3.63) is 28.8 Å². The quantitative estimate of drug-likeness (QED) is 0.774. The highest BCUT2D eigenvalue weighted by Gasteiger charge is 2.16. The van der Waals surface area contributed by atoms with Crippen molar-refractivity contribution in [3.63, 3.8) is 0 Å². The molecule has 1 rings (SSSR count). The molecule has 21 heavy (non-hydrogen) atoms. The van der Waals surface area contributed by atoms with Gasteiger partial charge in [0.1, 0.15) is 5.75 Å². The zero-order valence-corrected chi connectivity index (χ0v) is 14.1. The van der Waals surface area contributed by atoms with Crippen LogP contribution in [0.5, 0.6) is 5.75 Å². The Hall–Kier alpha value is -1.24. The Bertz CT molecular complexity index is 492. The van der Waals surface area contributed by atoms with Crippen LogP contribution >= 0.6 is 11.6 Å². The molecule has 0 saturated heterocycles. The summed E-state index contributed by atoms with van der Waals surface area (Å²) in [5.41, 5.74) is 0.776. The number of ether oxygens (including phenoxy) is 1. The van der Waals surface area contributed by atoms with E-state index < -0.39 is 0 Å². The van der Waals surface area contributed by atoms with Gasteiger partial charge in [0, 0.05) is 6.54 Å². The monoisotopic (exact) mass is 308 g/mol. The van der Waals surface area contributed by atoms with E-state index in [-0.39, 0.29) is 5.41 Å². The van der Waals surface area contributed by atoms with Gasteiger partial charge in [0.05, 0.1) is 23.1 Å². The lowest BCUT2D eigenvalue weighted by Crippen LogP contribution is -2.18. The van der Waals surface area contributed by atoms with E-state index in [9.17, 15) is 0 Å². The third-order valence-corrected chi connectivity index (χ3v) is 3.46. The molecule has 1 aromatic rings. The van der Waals surface area contributed by atoms with Gasteiger partial charge in [-0.05, 0) is 50.4 Å². The number of benzene rings is 1. The molecule has 0 spiro atoms. The molecule has 0 aliphatic rings. The second-order valence-electron chi connectivity index (χ2n) is 6.38. The lowest BCUT2D eigenvalue weighted by Gasteiger charge is -2.16. The van der Waals surface area contributed by atoms with E-state index in [4.69, 9.17) is 21.6 Å². The summed E-state index contributed by atoms with van der Waals surface area (Å²) in [6, 6.07) is 8.11. The van der Waals surface area contributed by atoms with Gasteiger partial charge in [0.2, 0.25) is 0 Å². The smallest absolute Gasteiger partial charge is 0.137 e. The maximum Gasteiger partial charge on any atom is 0.137 e. The summed E-state index contributed by atoms with van der Waals surface area (Å²) in [5, 5.41) is 13.0. The maximum absolute atomic E-state index is 8.97. The fourth-order valence-electron chi connectivity index (χ4n) is 1.75. The van der Waals surface area contributed by atoms with E-state index in [1.54, 1.807) is 0 Å². The predicted octanol–water partition coefficient (Wildman–Crippen LogP) is 4.40. The first-order valence-corrected chi connectivity index (χ1v) is 7.75. The lowest BCUT2D eigenvalue weighted by atomic mass is 9.92. The van der Waals surface area contributed by atoms with Gasteiger partial charge in [-0.3, -0.25) is 0 Å². The summed E-state index contributed by atoms with van der Waals surface area (Å²) in [4.78, 5) is 0. The van der Waals surface area contributed by atoms with Gasteiger partial charge < -0.3 is 10.1 Å². The minimum Gasteiger partial charge on any atom is -0.492 e. The van der Waals surface area contributed by atoms with Crippen LogP contribution in [0, 0.1) is 22.7 Å². The van der Waals surface area contributed by atoms with Crippen molar-refractivity contribution in [3.8, 4) is 11.8 Å². The molecule has 4 heteroatoms. The first-order chi connectivity index (χ1) is 9.84. The van der Waals surface area contributed by atoms with E-state index in [1.165, 1.54) is 0 Å². The van der Waals surface area contributed by atoms with Crippen molar-refractivity contribution in [1.82, 2.24) is 5.32 Å². The highest BCUT2D eigenvalue weighted by Crippen LogP contribution is 2.27. The summed E-state index contributed by atoms with van der Waals surface area (Å²) in [5.74, 6) is 1.31. The average molecular weight is 309 g/mol. The number of halogens is 1. The molecular weight excluding hydrogens is 284 g/mol. The molecule has 3 nitrogen and oxygen atoms in total. The third kappa shape index (κ3) is 6.84. The molecule has 0 amide bonds. The number of nitrogens with zero attached hydrogens (tertiary/aromatic N) is 1. The molecule has 116 valence electrons. The summed E-state index contributed by atoms with van der Waals surface area (Å²) in [6.45, 7) is 10.5. The summed E-state index contributed by atoms with van der Waals surface area (Å²) in [6.07, 6.45) is 0.678. The predicted molar refractivity (Wildman–Crippen MR) is 87.5 cm³/mol. The molecule has 0 fully saturated rings. The molecule has 1 aromatic carbocycles. The standard InChI is InChI=1S/C17H25ClN2O/c1-13(2)10-20-11-14-5-6-16(15(18)9-14)21-8-7-17(3,4)12-19/h5-6,9,13,20H,7-8,10-11H2,1-4H3. The highest BCUT2D eigenvalue weighted by atomic mass is 35.5. The first kappa shape index (κ1) is 17.8. The SMILES string of the molecule is CC(C)CNCc1ccc(OCCC(C)(C)C#N)c(Cl)c1. The van der Waals surface area contributed by atoms with Crippen LogP contribution in [0.4, 0.5) is 0 Å². The molecular formula is C17H25ClN2O. The second kappa shape index (κ2) is 8.26. The number of nitriles is 1. The topological polar surface area (TPSA) is 45.0 Å². The molecule has 0 aliphatic carbocycles. The van der Waals surface area contributed by atoms with Crippen LogP contribution in [0.2, 0.25) is 5.02 Å². The van der Waals surface area contributed by atoms with Crippen LogP contribution in [0.3, 0.4) is 0 Å². The van der Waals surface area contributed by atoms with Crippen LogP contribution in [-0.4, -0.2) is 13.2 Å². The van der Waals surface area contributed by atoms with Crippen molar-refractivity contribution in [2.24, 2.45) is 11.3 Å². The van der Waals surface area contributed by atoms with Crippen molar-refractivity contribution in [2.45, 2.75) is 40.7 Å². The van der Waals surface area contributed by atoms with E-state index in [0.717, 1.165) is 18.7 Å². The Balaban J connectivity index is 2.49. The normalized spacial score (nSPS) is 11.5. The number of hydrogen-bond acceptors (Lipinski definition) is 3. The Labute approximate surface area is 133 Å². The van der Waals surface area contributed by atoms with Gasteiger partial charge in [0.25, 0.3) is 0 Å². The minimum absolute atomic E-state index is 0.368. The maximum atomic E-state index is 8.97. The van der Waals surface area contributed by atoms with Crippen LogP contribution in [-0.2, 0) is 6.54 Å². The summed E-state index contributed by atoms with van der Waals surface area (Å²) < 4.78 is 5.67. The van der Waals surface area contributed by atoms with Gasteiger partial charge >= 0.3 is 0 Å². The van der Waals surface area contributed by atoms with E-state index in [2.05, 4.69) is 25.2 Å². The summed E-state index contributed by atoms with van der Waals surface area (Å²) >= 11 is 6.24. The van der Waals surface area contributed by atoms with Crippen LogP contribution < -0.4 is 10.1 Å². The number of nitrogens with one attached hydrogen (secondary N) is 1. The largest absolute Gasteiger partial charge is 0.492 e. The van der Waals surface area contributed by atoms with Crippen molar-refractivity contribution < 1.29 is 4.74 Å². The van der Waals surface area contributed by atoms with Crippen molar-refractivity contribution >= 4 is 11.6 Å². The van der Waals surface area contributed by atoms with Crippen molar-refractivity contribution in [1.29, 1.82) is 5.26 Å². The van der Waals surface area contributed by atoms with Gasteiger partial charge in [0.15, 0.2) is 0 Å². The molecule has 0 atom stereocenters. The second-order valence-corrected chi connectivity index (χ2v) is 6.79. The van der Waals surface area contributed by atoms with E-state index in [1.807, 2.05) is 32.0 Å². The van der Waals surface area contributed by atoms with E-state index >= 15 is 0 Å². The molecule has 0 aromatic heterocycles. The van der Waals surface area contributed by atoms with Gasteiger partial charge in [-0.15, -0.1) is 0 Å². The van der Waals surface area contributed by atoms with Crippen LogP contribution in [0.15, 0.2) is 18.2 Å². The Morgan fingerprint density at radius 1 is 1.38 bits per heavy atom. The molecule has 0 unspecified atom stereocenters. The van der Waals surface area contributed by atoms with E-state index in [0.29, 0.717) is 29.7 Å². The highest BCUT2D eigenvalue weighted by molar-refractivity contribution is 6.32. The van der Waals surface area contributed by atoms with Gasteiger partial charge in [-0.25, -0.2) is 0 Å². The molecule has 0 radical (unpaired) electrons. The first-order valence-electron chi connectivity index (χ1n) is 7.37. The number of rotatable bonds is 8. The molecule has 1 N–H and O–H groups in total. The van der Waals surface area contributed by atoms with Crippen molar-refractivity contribution in [2.75, 3.05) is 13.2 Å². The van der Waals surface area contributed by atoms with Gasteiger partial charge in [-0.1, -0.05) is 31.5 Å². The zero-order valence-electron chi connectivity index (χ0n) is 13.4. The number of hydrogen-bond donors (Lipinski definition) is 1. The Kier molecular flexibility index (Phi) is 7.01. The van der Waals surface area contributed by atoms with Gasteiger partial charge in [-0.2, -0.15) is 5.26 Å². The molecule has 0 heterocycles. The third-order valence-electron chi connectivity index (χ3n) is 3.17. The fraction of sp³-hybridized carbons (Fsp3) is 0.588. The molecule has 0 bridgehead atoms. The zero-order chi connectivity index (χ0) is 15.9. The Morgan fingerprint density at radius 2 is 2.10 bits per heavy atom. The molecule has 0 saturated carbocycles. The molecule has 0 aliphatic heterocycles. The van der Waals surface area contributed by atoms with Crippen LogP contribution in [0.1, 0.15) is 39.7 Å². The fourth-order valence-corrected chi connectivity index (χ4v) is 2.01. The summed E-state index contributed by atoms with van der Waals surface area (Å²) in [7, 11) is 0.